The second-order valence-corrected chi connectivity index (χ2v) is 17.9. The third-order valence-electron chi connectivity index (χ3n) is 7.75. The van der Waals surface area contributed by atoms with Gasteiger partial charge in [-0.2, -0.15) is 0 Å². The summed E-state index contributed by atoms with van der Waals surface area (Å²) in [6.07, 6.45) is 0. The number of hydrogen-bond donors (Lipinski definition) is 1. The van der Waals surface area contributed by atoms with Gasteiger partial charge in [0.2, 0.25) is 0 Å². The monoisotopic (exact) mass is 652 g/mol. The van der Waals surface area contributed by atoms with Crippen LogP contribution in [0.25, 0.3) is 0 Å². The van der Waals surface area contributed by atoms with Crippen molar-refractivity contribution in [3.05, 3.63) is 96.1 Å². The minimum absolute atomic E-state index is 0.0624. The Hall–Kier alpha value is -3.58. The molecule has 0 aliphatic rings. The van der Waals surface area contributed by atoms with Gasteiger partial charge in [0.25, 0.3) is 0 Å². The zero-order valence-electron chi connectivity index (χ0n) is 27.8. The van der Waals surface area contributed by atoms with Crippen LogP contribution >= 0.6 is 7.26 Å². The number of phenols is 1. The average molecular weight is 653 g/mol. The SMILES string of the molecule is CC(C)(C)c1cc(S(=O)(=O)[O-])cc(C(C)(C)C)c1O.COc1ccc([P+](C)(c2ccc(OC)cc2)c2ccc(OC)cc2)cc1. The van der Waals surface area contributed by atoms with Gasteiger partial charge in [-0.1, -0.05) is 41.5 Å². The van der Waals surface area contributed by atoms with Crippen LogP contribution in [-0.2, 0) is 20.9 Å². The van der Waals surface area contributed by atoms with E-state index >= 15 is 0 Å². The van der Waals surface area contributed by atoms with E-state index in [2.05, 4.69) is 43.1 Å². The molecule has 0 atom stereocenters. The molecule has 0 aliphatic heterocycles. The molecule has 4 rings (SSSR count). The lowest BCUT2D eigenvalue weighted by atomic mass is 9.79. The van der Waals surface area contributed by atoms with Crippen LogP contribution in [0.1, 0.15) is 52.7 Å². The first-order valence-electron chi connectivity index (χ1n) is 14.5. The third kappa shape index (κ3) is 8.37. The summed E-state index contributed by atoms with van der Waals surface area (Å²) < 4.78 is 49.8. The molecular weight excluding hydrogens is 607 g/mol. The smallest absolute Gasteiger partial charge is 0.124 e. The van der Waals surface area contributed by atoms with Gasteiger partial charge in [-0.25, -0.2) is 8.42 Å². The van der Waals surface area contributed by atoms with Crippen molar-refractivity contribution in [1.82, 2.24) is 0 Å². The molecule has 4 aromatic rings. The minimum atomic E-state index is -4.55. The van der Waals surface area contributed by atoms with Crippen LogP contribution in [0, 0.1) is 0 Å². The molecule has 45 heavy (non-hydrogen) atoms. The highest BCUT2D eigenvalue weighted by atomic mass is 32.2. The van der Waals surface area contributed by atoms with E-state index in [4.69, 9.17) is 14.2 Å². The lowest BCUT2D eigenvalue weighted by molar-refractivity contribution is 0.415. The van der Waals surface area contributed by atoms with Crippen molar-refractivity contribution in [3.63, 3.8) is 0 Å². The van der Waals surface area contributed by atoms with Crippen LogP contribution in [-0.4, -0.2) is 46.1 Å². The first-order valence-corrected chi connectivity index (χ1v) is 18.1. The maximum atomic E-state index is 11.3. The Labute approximate surface area is 269 Å². The van der Waals surface area contributed by atoms with E-state index in [0.29, 0.717) is 11.1 Å². The molecule has 0 radical (unpaired) electrons. The van der Waals surface area contributed by atoms with E-state index in [1.165, 1.54) is 28.0 Å². The van der Waals surface area contributed by atoms with Crippen molar-refractivity contribution in [3.8, 4) is 23.0 Å². The van der Waals surface area contributed by atoms with Crippen molar-refractivity contribution < 1.29 is 32.3 Å². The third-order valence-corrected chi connectivity index (χ3v) is 12.6. The minimum Gasteiger partial charge on any atom is -0.744 e. The fourth-order valence-corrected chi connectivity index (χ4v) is 8.64. The molecule has 0 bridgehead atoms. The summed E-state index contributed by atoms with van der Waals surface area (Å²) in [5.41, 5.74) is 0.0268. The molecule has 0 saturated carbocycles. The molecule has 0 fully saturated rings. The van der Waals surface area contributed by atoms with Gasteiger partial charge in [-0.15, -0.1) is 0 Å². The molecule has 1 N–H and O–H groups in total. The summed E-state index contributed by atoms with van der Waals surface area (Å²) in [5, 5.41) is 14.3. The summed E-state index contributed by atoms with van der Waals surface area (Å²) in [7, 11) is -1.26. The second kappa shape index (κ2) is 13.8. The van der Waals surface area contributed by atoms with Crippen molar-refractivity contribution in [2.75, 3.05) is 28.0 Å². The van der Waals surface area contributed by atoms with Gasteiger partial charge in [-0.3, -0.25) is 0 Å². The quantitative estimate of drug-likeness (QED) is 0.179. The highest BCUT2D eigenvalue weighted by Crippen LogP contribution is 2.52. The second-order valence-electron chi connectivity index (χ2n) is 12.9. The number of phenolic OH excluding ortho intramolecular Hbond substituents is 1. The number of methoxy groups -OCH3 is 3. The molecule has 242 valence electrons. The van der Waals surface area contributed by atoms with Crippen LogP contribution in [0.5, 0.6) is 23.0 Å². The summed E-state index contributed by atoms with van der Waals surface area (Å²) in [4.78, 5) is -0.292. The molecule has 0 spiro atoms. The highest BCUT2D eigenvalue weighted by Gasteiger charge is 2.40. The van der Waals surface area contributed by atoms with Gasteiger partial charge in [0.1, 0.15) is 56.3 Å². The Morgan fingerprint density at radius 3 is 1.07 bits per heavy atom. The maximum absolute atomic E-state index is 11.3. The van der Waals surface area contributed by atoms with Crippen LogP contribution in [0.2, 0.25) is 0 Å². The van der Waals surface area contributed by atoms with E-state index in [1.54, 1.807) is 21.3 Å². The number of hydrogen-bond acceptors (Lipinski definition) is 7. The lowest BCUT2D eigenvalue weighted by Gasteiger charge is -2.28. The van der Waals surface area contributed by atoms with Gasteiger partial charge in [0.15, 0.2) is 0 Å². The predicted molar refractivity (Wildman–Crippen MR) is 184 cm³/mol. The fraction of sp³-hybridized carbons (Fsp3) is 0.333. The zero-order chi connectivity index (χ0) is 33.8. The molecule has 0 amide bonds. The van der Waals surface area contributed by atoms with E-state index in [1.807, 2.05) is 77.9 Å². The van der Waals surface area contributed by atoms with Crippen LogP contribution in [0.3, 0.4) is 0 Å². The van der Waals surface area contributed by atoms with Crippen molar-refractivity contribution in [1.29, 1.82) is 0 Å². The Bertz CT molecular complexity index is 1530. The van der Waals surface area contributed by atoms with E-state index in [9.17, 15) is 18.1 Å². The van der Waals surface area contributed by atoms with Crippen LogP contribution < -0.4 is 30.1 Å². The van der Waals surface area contributed by atoms with Gasteiger partial charge in [0.05, 0.1) is 32.9 Å². The van der Waals surface area contributed by atoms with Crippen molar-refractivity contribution >= 4 is 33.3 Å². The topological polar surface area (TPSA) is 105 Å². The normalized spacial score (nSPS) is 12.2. The standard InChI is InChI=1S/C22H24O3P.C14H22O4S/c1-23-17-5-11-20(12-6-17)26(4,21-13-7-18(24-2)8-14-21)22-15-9-19(25-3)10-16-22;1-13(2,3)10-7-9(19(16,17)18)8-11(12(10)15)14(4,5)6/h5-16H,1-4H3;7-8,15H,1-6H3,(H,16,17,18)/q+1;/p-1. The maximum Gasteiger partial charge on any atom is 0.124 e. The predicted octanol–water partition coefficient (Wildman–Crippen LogP) is 6.53. The van der Waals surface area contributed by atoms with Crippen LogP contribution in [0.4, 0.5) is 0 Å². The number of rotatable bonds is 7. The summed E-state index contributed by atoms with van der Waals surface area (Å²) in [6.45, 7) is 13.5. The average Bonchev–Trinajstić information content (AvgIpc) is 2.99. The van der Waals surface area contributed by atoms with E-state index in [-0.39, 0.29) is 10.6 Å². The van der Waals surface area contributed by atoms with E-state index < -0.39 is 28.2 Å². The Morgan fingerprint density at radius 1 is 0.600 bits per heavy atom. The molecule has 0 saturated heterocycles. The number of ether oxygens (including phenoxy) is 3. The molecule has 9 heteroatoms. The Balaban J connectivity index is 0.000000259. The van der Waals surface area contributed by atoms with Gasteiger partial charge >= 0.3 is 0 Å². The summed E-state index contributed by atoms with van der Waals surface area (Å²) in [6, 6.07) is 27.7. The molecule has 0 aromatic heterocycles. The first kappa shape index (κ1) is 35.9. The molecular formula is C36H45O7PS. The number of aromatic hydroxyl groups is 1. The van der Waals surface area contributed by atoms with Gasteiger partial charge in [-0.05, 0) is 95.8 Å². The Kier molecular flexibility index (Phi) is 11.0. The zero-order valence-corrected chi connectivity index (χ0v) is 29.5. The molecule has 7 nitrogen and oxygen atoms in total. The first-order chi connectivity index (χ1) is 20.9. The summed E-state index contributed by atoms with van der Waals surface area (Å²) >= 11 is 0. The molecule has 0 unspecified atom stereocenters. The Morgan fingerprint density at radius 2 is 0.867 bits per heavy atom. The highest BCUT2D eigenvalue weighted by molar-refractivity contribution is 7.95. The molecule has 0 heterocycles. The number of benzene rings is 4. The largest absolute Gasteiger partial charge is 0.744 e. The van der Waals surface area contributed by atoms with Crippen LogP contribution in [0.15, 0.2) is 89.8 Å². The summed E-state index contributed by atoms with van der Waals surface area (Å²) in [5.74, 6) is 2.66. The molecule has 0 aliphatic carbocycles. The molecule has 4 aromatic carbocycles. The van der Waals surface area contributed by atoms with Crippen molar-refractivity contribution in [2.24, 2.45) is 0 Å². The van der Waals surface area contributed by atoms with Crippen molar-refractivity contribution in [2.45, 2.75) is 57.3 Å². The van der Waals surface area contributed by atoms with E-state index in [0.717, 1.165) is 17.2 Å². The fourth-order valence-electron chi connectivity index (χ4n) is 4.98. The van der Waals surface area contributed by atoms with Gasteiger partial charge in [0, 0.05) is 11.1 Å². The lowest BCUT2D eigenvalue weighted by Crippen LogP contribution is -2.30. The van der Waals surface area contributed by atoms with Gasteiger partial charge < -0.3 is 23.9 Å².